The Kier molecular flexibility index (Phi) is 4.00. The third kappa shape index (κ3) is 3.19. The average molecular weight is 237 g/mol. The molecule has 0 amide bonds. The SMILES string of the molecule is COc1ccc(F)cc1CC(CCN)C1CC1. The van der Waals surface area contributed by atoms with Gasteiger partial charge in [-0.15, -0.1) is 0 Å². The van der Waals surface area contributed by atoms with Gasteiger partial charge in [0.2, 0.25) is 0 Å². The molecule has 1 fully saturated rings. The molecule has 1 saturated carbocycles. The fraction of sp³-hybridized carbons (Fsp3) is 0.571. The highest BCUT2D eigenvalue weighted by Crippen LogP contribution is 2.41. The molecule has 2 rings (SSSR count). The van der Waals surface area contributed by atoms with E-state index in [-0.39, 0.29) is 5.82 Å². The lowest BCUT2D eigenvalue weighted by Gasteiger charge is -2.17. The Balaban J connectivity index is 2.11. The Morgan fingerprint density at radius 2 is 2.24 bits per heavy atom. The minimum Gasteiger partial charge on any atom is -0.496 e. The van der Waals surface area contributed by atoms with Gasteiger partial charge in [0.25, 0.3) is 0 Å². The molecule has 0 heterocycles. The fourth-order valence-corrected chi connectivity index (χ4v) is 2.48. The highest BCUT2D eigenvalue weighted by atomic mass is 19.1. The zero-order chi connectivity index (χ0) is 12.3. The lowest BCUT2D eigenvalue weighted by molar-refractivity contribution is 0.389. The summed E-state index contributed by atoms with van der Waals surface area (Å²) in [6, 6.07) is 4.74. The van der Waals surface area contributed by atoms with Gasteiger partial charge in [0.1, 0.15) is 11.6 Å². The van der Waals surface area contributed by atoms with Gasteiger partial charge in [-0.2, -0.15) is 0 Å². The summed E-state index contributed by atoms with van der Waals surface area (Å²) in [4.78, 5) is 0. The highest BCUT2D eigenvalue weighted by Gasteiger charge is 2.31. The summed E-state index contributed by atoms with van der Waals surface area (Å²) < 4.78 is 18.5. The van der Waals surface area contributed by atoms with Crippen LogP contribution < -0.4 is 10.5 Å². The van der Waals surface area contributed by atoms with Crippen LogP contribution >= 0.6 is 0 Å². The molecule has 1 atom stereocenters. The summed E-state index contributed by atoms with van der Waals surface area (Å²) in [5, 5.41) is 0. The predicted molar refractivity (Wildman–Crippen MR) is 66.5 cm³/mol. The molecular formula is C14H20FNO. The van der Waals surface area contributed by atoms with Gasteiger partial charge in [-0.05, 0) is 67.8 Å². The van der Waals surface area contributed by atoms with Crippen molar-refractivity contribution in [3.63, 3.8) is 0 Å². The van der Waals surface area contributed by atoms with Crippen LogP contribution in [0.3, 0.4) is 0 Å². The van der Waals surface area contributed by atoms with Gasteiger partial charge in [0, 0.05) is 0 Å². The van der Waals surface area contributed by atoms with Crippen molar-refractivity contribution in [2.45, 2.75) is 25.7 Å². The van der Waals surface area contributed by atoms with Gasteiger partial charge < -0.3 is 10.5 Å². The van der Waals surface area contributed by atoms with Crippen LogP contribution in [0.1, 0.15) is 24.8 Å². The number of rotatable bonds is 6. The van der Waals surface area contributed by atoms with Gasteiger partial charge in [0.15, 0.2) is 0 Å². The van der Waals surface area contributed by atoms with Gasteiger partial charge in [0.05, 0.1) is 7.11 Å². The third-order valence-corrected chi connectivity index (χ3v) is 3.55. The van der Waals surface area contributed by atoms with Crippen molar-refractivity contribution < 1.29 is 9.13 Å². The molecule has 94 valence electrons. The van der Waals surface area contributed by atoms with E-state index in [0.717, 1.165) is 30.1 Å². The van der Waals surface area contributed by atoms with Gasteiger partial charge in [-0.1, -0.05) is 0 Å². The number of halogens is 1. The lowest BCUT2D eigenvalue weighted by atomic mass is 9.91. The Morgan fingerprint density at radius 1 is 1.47 bits per heavy atom. The van der Waals surface area contributed by atoms with E-state index >= 15 is 0 Å². The van der Waals surface area contributed by atoms with Crippen LogP contribution in [0.2, 0.25) is 0 Å². The van der Waals surface area contributed by atoms with Crippen molar-refractivity contribution in [2.75, 3.05) is 13.7 Å². The third-order valence-electron chi connectivity index (χ3n) is 3.55. The maximum atomic E-state index is 13.3. The molecule has 3 heteroatoms. The normalized spacial score (nSPS) is 16.9. The summed E-state index contributed by atoms with van der Waals surface area (Å²) in [5.74, 6) is 1.96. The molecule has 1 aromatic carbocycles. The molecule has 0 radical (unpaired) electrons. The number of nitrogens with two attached hydrogens (primary N) is 1. The second-order valence-corrected chi connectivity index (χ2v) is 4.84. The second kappa shape index (κ2) is 5.50. The molecule has 1 aromatic rings. The second-order valence-electron chi connectivity index (χ2n) is 4.84. The van der Waals surface area contributed by atoms with Crippen molar-refractivity contribution in [2.24, 2.45) is 17.6 Å². The molecule has 2 N–H and O–H groups in total. The molecule has 17 heavy (non-hydrogen) atoms. The first-order chi connectivity index (χ1) is 8.24. The minimum atomic E-state index is -0.192. The van der Waals surface area contributed by atoms with Gasteiger partial charge in [-0.3, -0.25) is 0 Å². The van der Waals surface area contributed by atoms with Crippen LogP contribution in [0.5, 0.6) is 5.75 Å². The Bertz CT molecular complexity index is 376. The van der Waals surface area contributed by atoms with Crippen molar-refractivity contribution in [3.05, 3.63) is 29.6 Å². The van der Waals surface area contributed by atoms with Crippen molar-refractivity contribution in [1.82, 2.24) is 0 Å². The molecule has 2 nitrogen and oxygen atoms in total. The molecule has 1 aliphatic rings. The first kappa shape index (κ1) is 12.4. The molecule has 0 bridgehead atoms. The Morgan fingerprint density at radius 3 is 2.82 bits per heavy atom. The smallest absolute Gasteiger partial charge is 0.123 e. The monoisotopic (exact) mass is 237 g/mol. The van der Waals surface area contributed by atoms with E-state index in [1.165, 1.54) is 18.9 Å². The van der Waals surface area contributed by atoms with Crippen LogP contribution in [0, 0.1) is 17.7 Å². The summed E-state index contributed by atoms with van der Waals surface area (Å²) in [7, 11) is 1.63. The molecule has 0 aromatic heterocycles. The summed E-state index contributed by atoms with van der Waals surface area (Å²) in [5.41, 5.74) is 6.61. The van der Waals surface area contributed by atoms with Gasteiger partial charge >= 0.3 is 0 Å². The van der Waals surface area contributed by atoms with E-state index in [1.54, 1.807) is 19.2 Å². The zero-order valence-corrected chi connectivity index (χ0v) is 10.3. The maximum Gasteiger partial charge on any atom is 0.123 e. The first-order valence-corrected chi connectivity index (χ1v) is 6.27. The first-order valence-electron chi connectivity index (χ1n) is 6.27. The zero-order valence-electron chi connectivity index (χ0n) is 10.3. The largest absolute Gasteiger partial charge is 0.496 e. The Hall–Kier alpha value is -1.09. The average Bonchev–Trinajstić information content (AvgIpc) is 3.13. The molecule has 0 aliphatic heterocycles. The van der Waals surface area contributed by atoms with E-state index in [1.807, 2.05) is 0 Å². The quantitative estimate of drug-likeness (QED) is 0.825. The number of hydrogen-bond acceptors (Lipinski definition) is 2. The van der Waals surface area contributed by atoms with Crippen LogP contribution in [-0.2, 0) is 6.42 Å². The summed E-state index contributed by atoms with van der Waals surface area (Å²) >= 11 is 0. The number of methoxy groups -OCH3 is 1. The van der Waals surface area contributed by atoms with E-state index in [9.17, 15) is 4.39 Å². The Labute approximate surface area is 102 Å². The van der Waals surface area contributed by atoms with Crippen LogP contribution in [-0.4, -0.2) is 13.7 Å². The van der Waals surface area contributed by atoms with E-state index in [2.05, 4.69) is 0 Å². The number of hydrogen-bond donors (Lipinski definition) is 1. The van der Waals surface area contributed by atoms with Crippen LogP contribution in [0.15, 0.2) is 18.2 Å². The van der Waals surface area contributed by atoms with E-state index in [0.29, 0.717) is 12.5 Å². The van der Waals surface area contributed by atoms with E-state index < -0.39 is 0 Å². The van der Waals surface area contributed by atoms with Gasteiger partial charge in [-0.25, -0.2) is 4.39 Å². The number of benzene rings is 1. The summed E-state index contributed by atoms with van der Waals surface area (Å²) in [6.45, 7) is 0.707. The summed E-state index contributed by atoms with van der Waals surface area (Å²) in [6.07, 6.45) is 4.48. The molecule has 0 spiro atoms. The van der Waals surface area contributed by atoms with Crippen molar-refractivity contribution in [3.8, 4) is 5.75 Å². The standard InChI is InChI=1S/C14H20FNO/c1-17-14-5-4-13(15)9-12(14)8-11(6-7-16)10-2-3-10/h4-5,9-11H,2-3,6-8,16H2,1H3. The lowest BCUT2D eigenvalue weighted by Crippen LogP contribution is -2.14. The maximum absolute atomic E-state index is 13.3. The number of ether oxygens (including phenoxy) is 1. The minimum absolute atomic E-state index is 0.192. The molecule has 1 unspecified atom stereocenters. The van der Waals surface area contributed by atoms with E-state index in [4.69, 9.17) is 10.5 Å². The molecular weight excluding hydrogens is 217 g/mol. The van der Waals surface area contributed by atoms with Crippen LogP contribution in [0.25, 0.3) is 0 Å². The topological polar surface area (TPSA) is 35.2 Å². The molecule has 1 aliphatic carbocycles. The predicted octanol–water partition coefficient (Wildman–Crippen LogP) is 2.75. The van der Waals surface area contributed by atoms with Crippen molar-refractivity contribution >= 4 is 0 Å². The molecule has 0 saturated heterocycles. The van der Waals surface area contributed by atoms with Crippen molar-refractivity contribution in [1.29, 1.82) is 0 Å². The van der Waals surface area contributed by atoms with Crippen LogP contribution in [0.4, 0.5) is 4.39 Å². The fourth-order valence-electron chi connectivity index (χ4n) is 2.48. The highest BCUT2D eigenvalue weighted by molar-refractivity contribution is 5.34.